The zero-order valence-electron chi connectivity index (χ0n) is 12.4. The van der Waals surface area contributed by atoms with Gasteiger partial charge in [0.05, 0.1) is 11.9 Å². The fourth-order valence-corrected chi connectivity index (χ4v) is 3.46. The van der Waals surface area contributed by atoms with Crippen LogP contribution in [0.4, 0.5) is 5.69 Å². The summed E-state index contributed by atoms with van der Waals surface area (Å²) in [5.74, 6) is 0.611. The Labute approximate surface area is 128 Å². The Morgan fingerprint density at radius 3 is 3.05 bits per heavy atom. The molecule has 0 radical (unpaired) electrons. The van der Waals surface area contributed by atoms with Crippen molar-refractivity contribution in [1.29, 1.82) is 0 Å². The van der Waals surface area contributed by atoms with Crippen LogP contribution in [0.25, 0.3) is 0 Å². The Hall–Kier alpha value is -0.880. The van der Waals surface area contributed by atoms with Gasteiger partial charge in [-0.2, -0.15) is 5.10 Å². The van der Waals surface area contributed by atoms with E-state index in [1.165, 1.54) is 11.1 Å². The third kappa shape index (κ3) is 3.23. The molecule has 2 rings (SSSR count). The smallest absolute Gasteiger partial charge is 0.282 e. The standard InChI is InChI=1S/C14H23BrN4O/c1-4-16-10(2)11-6-5-7-19(9-11)12-8-17-18(3)14(20)13(12)15/h8,10-11,16H,4-7,9H2,1-3H3. The lowest BCUT2D eigenvalue weighted by atomic mass is 9.91. The summed E-state index contributed by atoms with van der Waals surface area (Å²) in [6.07, 6.45) is 4.17. The van der Waals surface area contributed by atoms with Gasteiger partial charge in [0.25, 0.3) is 5.56 Å². The molecule has 1 aliphatic heterocycles. The van der Waals surface area contributed by atoms with Crippen LogP contribution in [0.2, 0.25) is 0 Å². The van der Waals surface area contributed by atoms with Gasteiger partial charge in [-0.1, -0.05) is 6.92 Å². The van der Waals surface area contributed by atoms with Gasteiger partial charge >= 0.3 is 0 Å². The average molecular weight is 343 g/mol. The van der Waals surface area contributed by atoms with Crippen LogP contribution in [0.3, 0.4) is 0 Å². The minimum absolute atomic E-state index is 0.0793. The van der Waals surface area contributed by atoms with Gasteiger partial charge in [0.15, 0.2) is 0 Å². The van der Waals surface area contributed by atoms with Crippen molar-refractivity contribution >= 4 is 21.6 Å². The van der Waals surface area contributed by atoms with Crippen molar-refractivity contribution in [3.63, 3.8) is 0 Å². The Bertz CT molecular complexity index is 516. The van der Waals surface area contributed by atoms with Crippen LogP contribution in [0.1, 0.15) is 26.7 Å². The number of anilines is 1. The van der Waals surface area contributed by atoms with Crippen molar-refractivity contribution in [3.05, 3.63) is 21.0 Å². The van der Waals surface area contributed by atoms with Crippen molar-refractivity contribution in [1.82, 2.24) is 15.1 Å². The van der Waals surface area contributed by atoms with Crippen LogP contribution in [0.15, 0.2) is 15.5 Å². The van der Waals surface area contributed by atoms with Crippen LogP contribution in [0.5, 0.6) is 0 Å². The van der Waals surface area contributed by atoms with Crippen molar-refractivity contribution in [2.75, 3.05) is 24.5 Å². The summed E-state index contributed by atoms with van der Waals surface area (Å²) in [7, 11) is 1.67. The molecule has 0 bridgehead atoms. The summed E-state index contributed by atoms with van der Waals surface area (Å²) in [4.78, 5) is 14.2. The first-order valence-corrected chi connectivity index (χ1v) is 8.04. The number of halogens is 1. The molecule has 1 fully saturated rings. The molecule has 1 aliphatic rings. The predicted octanol–water partition coefficient (Wildman–Crippen LogP) is 1.76. The number of aromatic nitrogens is 2. The molecule has 1 aromatic rings. The molecule has 2 heterocycles. The summed E-state index contributed by atoms with van der Waals surface area (Å²) in [5.41, 5.74) is 0.839. The van der Waals surface area contributed by atoms with E-state index < -0.39 is 0 Å². The lowest BCUT2D eigenvalue weighted by Crippen LogP contribution is -2.45. The summed E-state index contributed by atoms with van der Waals surface area (Å²) >= 11 is 3.42. The van der Waals surface area contributed by atoms with Crippen molar-refractivity contribution in [2.24, 2.45) is 13.0 Å². The molecule has 6 heteroatoms. The van der Waals surface area contributed by atoms with Gasteiger partial charge in [0, 0.05) is 26.2 Å². The minimum atomic E-state index is -0.0793. The van der Waals surface area contributed by atoms with Gasteiger partial charge in [-0.05, 0) is 48.2 Å². The molecule has 112 valence electrons. The largest absolute Gasteiger partial charge is 0.369 e. The average Bonchev–Trinajstić information content (AvgIpc) is 2.45. The van der Waals surface area contributed by atoms with Crippen LogP contribution in [0, 0.1) is 5.92 Å². The lowest BCUT2D eigenvalue weighted by Gasteiger charge is -2.37. The molecule has 20 heavy (non-hydrogen) atoms. The van der Waals surface area contributed by atoms with Gasteiger partial charge in [-0.25, -0.2) is 4.68 Å². The first-order valence-electron chi connectivity index (χ1n) is 7.24. The maximum Gasteiger partial charge on any atom is 0.282 e. The summed E-state index contributed by atoms with van der Waals surface area (Å²) in [6, 6.07) is 0.501. The van der Waals surface area contributed by atoms with Crippen molar-refractivity contribution in [2.45, 2.75) is 32.7 Å². The topological polar surface area (TPSA) is 50.2 Å². The molecule has 1 N–H and O–H groups in total. The zero-order valence-corrected chi connectivity index (χ0v) is 14.0. The van der Waals surface area contributed by atoms with Crippen LogP contribution in [-0.4, -0.2) is 35.5 Å². The second-order valence-corrected chi connectivity index (χ2v) is 6.26. The van der Waals surface area contributed by atoms with E-state index in [9.17, 15) is 4.79 Å². The van der Waals surface area contributed by atoms with Gasteiger partial charge in [-0.3, -0.25) is 4.79 Å². The van der Waals surface area contributed by atoms with Gasteiger partial charge in [0.1, 0.15) is 4.47 Å². The van der Waals surface area contributed by atoms with Crippen LogP contribution >= 0.6 is 15.9 Å². The van der Waals surface area contributed by atoms with Crippen molar-refractivity contribution < 1.29 is 0 Å². The first-order chi connectivity index (χ1) is 9.54. The van der Waals surface area contributed by atoms with Crippen LogP contribution < -0.4 is 15.8 Å². The van der Waals surface area contributed by atoms with E-state index in [0.717, 1.165) is 31.7 Å². The Morgan fingerprint density at radius 1 is 1.60 bits per heavy atom. The highest BCUT2D eigenvalue weighted by atomic mass is 79.9. The third-order valence-electron chi connectivity index (χ3n) is 4.09. The van der Waals surface area contributed by atoms with E-state index in [-0.39, 0.29) is 5.56 Å². The van der Waals surface area contributed by atoms with E-state index in [2.05, 4.69) is 45.1 Å². The van der Waals surface area contributed by atoms with E-state index >= 15 is 0 Å². The highest BCUT2D eigenvalue weighted by molar-refractivity contribution is 9.10. The molecule has 5 nitrogen and oxygen atoms in total. The molecule has 0 amide bonds. The molecule has 0 aromatic carbocycles. The number of piperidine rings is 1. The van der Waals surface area contributed by atoms with Gasteiger partial charge in [0.2, 0.25) is 0 Å². The second-order valence-electron chi connectivity index (χ2n) is 5.47. The zero-order chi connectivity index (χ0) is 14.7. The van der Waals surface area contributed by atoms with Gasteiger partial charge in [-0.15, -0.1) is 0 Å². The Morgan fingerprint density at radius 2 is 2.35 bits per heavy atom. The predicted molar refractivity (Wildman–Crippen MR) is 85.3 cm³/mol. The first kappa shape index (κ1) is 15.5. The Kier molecular flexibility index (Phi) is 5.21. The highest BCUT2D eigenvalue weighted by Gasteiger charge is 2.26. The molecule has 1 aromatic heterocycles. The van der Waals surface area contributed by atoms with E-state index in [1.54, 1.807) is 13.2 Å². The third-order valence-corrected chi connectivity index (χ3v) is 4.84. The molecule has 0 spiro atoms. The molecule has 0 aliphatic carbocycles. The summed E-state index contributed by atoms with van der Waals surface area (Å²) < 4.78 is 1.97. The molecular formula is C14H23BrN4O. The van der Waals surface area contributed by atoms with Crippen LogP contribution in [-0.2, 0) is 7.05 Å². The Balaban J connectivity index is 2.17. The molecular weight excluding hydrogens is 320 g/mol. The highest BCUT2D eigenvalue weighted by Crippen LogP contribution is 2.28. The monoisotopic (exact) mass is 342 g/mol. The molecule has 0 saturated carbocycles. The van der Waals surface area contributed by atoms with E-state index in [4.69, 9.17) is 0 Å². The maximum atomic E-state index is 12.0. The number of aryl methyl sites for hydroxylation is 1. The number of hydrogen-bond acceptors (Lipinski definition) is 4. The van der Waals surface area contributed by atoms with Gasteiger partial charge < -0.3 is 10.2 Å². The summed E-state index contributed by atoms with van der Waals surface area (Å²) in [5, 5.41) is 7.64. The fraction of sp³-hybridized carbons (Fsp3) is 0.714. The number of nitrogens with one attached hydrogen (secondary N) is 1. The molecule has 2 unspecified atom stereocenters. The molecule has 1 saturated heterocycles. The summed E-state index contributed by atoms with van der Waals surface area (Å²) in [6.45, 7) is 7.34. The minimum Gasteiger partial charge on any atom is -0.369 e. The maximum absolute atomic E-state index is 12.0. The number of rotatable bonds is 4. The number of nitrogens with zero attached hydrogens (tertiary/aromatic N) is 3. The quantitative estimate of drug-likeness (QED) is 0.905. The molecule has 2 atom stereocenters. The SMILES string of the molecule is CCNC(C)C1CCCN(c2cnn(C)c(=O)c2Br)C1. The van der Waals surface area contributed by atoms with E-state index in [0.29, 0.717) is 16.4 Å². The fourth-order valence-electron chi connectivity index (χ4n) is 2.85. The van der Waals surface area contributed by atoms with E-state index in [1.807, 2.05) is 0 Å². The lowest BCUT2D eigenvalue weighted by molar-refractivity contribution is 0.324. The number of hydrogen-bond donors (Lipinski definition) is 1. The second kappa shape index (κ2) is 6.72. The normalized spacial score (nSPS) is 21.0. The van der Waals surface area contributed by atoms with Crippen molar-refractivity contribution in [3.8, 4) is 0 Å².